The van der Waals surface area contributed by atoms with Crippen molar-refractivity contribution in [1.29, 1.82) is 0 Å². The van der Waals surface area contributed by atoms with Crippen LogP contribution in [0.15, 0.2) is 60.7 Å². The van der Waals surface area contributed by atoms with Crippen LogP contribution in [-0.2, 0) is 25.7 Å². The van der Waals surface area contributed by atoms with Crippen LogP contribution in [0.4, 0.5) is 0 Å². The first-order valence-corrected chi connectivity index (χ1v) is 12.2. The number of hydrogen-bond donors (Lipinski definition) is 1. The lowest BCUT2D eigenvalue weighted by Crippen LogP contribution is -2.08. The highest BCUT2D eigenvalue weighted by Crippen LogP contribution is 2.50. The number of phenols is 1. The van der Waals surface area contributed by atoms with Crippen LogP contribution in [0.3, 0.4) is 0 Å². The molecular formula is C31H28O5. The van der Waals surface area contributed by atoms with E-state index < -0.39 is 0 Å². The zero-order chi connectivity index (χ0) is 24.8. The highest BCUT2D eigenvalue weighted by molar-refractivity contribution is 5.87. The van der Waals surface area contributed by atoms with E-state index in [0.717, 1.165) is 70.6 Å². The maximum absolute atomic E-state index is 10.9. The van der Waals surface area contributed by atoms with Gasteiger partial charge in [-0.25, -0.2) is 0 Å². The number of methoxy groups -OCH3 is 3. The van der Waals surface area contributed by atoms with E-state index in [1.54, 1.807) is 27.4 Å². The monoisotopic (exact) mass is 480 g/mol. The van der Waals surface area contributed by atoms with Crippen molar-refractivity contribution in [3.8, 4) is 56.8 Å². The van der Waals surface area contributed by atoms with Crippen molar-refractivity contribution in [2.75, 3.05) is 21.3 Å². The Labute approximate surface area is 210 Å². The van der Waals surface area contributed by atoms with Crippen LogP contribution in [0.25, 0.3) is 22.3 Å². The van der Waals surface area contributed by atoms with Gasteiger partial charge >= 0.3 is 0 Å². The molecule has 4 bridgehead atoms. The highest BCUT2D eigenvalue weighted by Gasteiger charge is 2.27. The van der Waals surface area contributed by atoms with E-state index in [0.29, 0.717) is 17.2 Å². The standard InChI is InChI=1S/C31H28O5/c1-33-22-10-11-23-20(15-22)6-4-18-5-12-27(26(32)14-18)36-31-28(34-2)13-9-19-7-8-21-16-29(35-3)25(23)17-24(21)30(19)31/h5,9-17,32H,4,6-8H2,1-3H3. The molecule has 1 aliphatic carbocycles. The van der Waals surface area contributed by atoms with Gasteiger partial charge in [-0.3, -0.25) is 0 Å². The Balaban J connectivity index is 1.70. The van der Waals surface area contributed by atoms with Gasteiger partial charge in [-0.1, -0.05) is 18.2 Å². The molecule has 3 aliphatic rings. The number of ether oxygens (including phenoxy) is 4. The number of benzene rings is 4. The van der Waals surface area contributed by atoms with Crippen molar-refractivity contribution >= 4 is 0 Å². The van der Waals surface area contributed by atoms with E-state index in [1.807, 2.05) is 24.3 Å². The number of aryl methyl sites for hydroxylation is 4. The average molecular weight is 481 g/mol. The summed E-state index contributed by atoms with van der Waals surface area (Å²) in [6.45, 7) is 0. The van der Waals surface area contributed by atoms with Gasteiger partial charge in [0.25, 0.3) is 0 Å². The molecule has 4 aromatic rings. The molecule has 0 spiro atoms. The number of fused-ring (bicyclic) bond motifs is 3. The lowest BCUT2D eigenvalue weighted by molar-refractivity contribution is 0.367. The van der Waals surface area contributed by atoms with Gasteiger partial charge in [-0.15, -0.1) is 0 Å². The summed E-state index contributed by atoms with van der Waals surface area (Å²) in [5.41, 5.74) is 8.79. The molecule has 0 saturated carbocycles. The van der Waals surface area contributed by atoms with Crippen LogP contribution in [0, 0.1) is 0 Å². The van der Waals surface area contributed by atoms with Crippen molar-refractivity contribution in [2.24, 2.45) is 0 Å². The van der Waals surface area contributed by atoms with Gasteiger partial charge < -0.3 is 24.1 Å². The topological polar surface area (TPSA) is 57.2 Å². The first-order valence-electron chi connectivity index (χ1n) is 12.2. The fraction of sp³-hybridized carbons (Fsp3) is 0.226. The second-order valence-electron chi connectivity index (χ2n) is 9.27. The molecule has 5 heteroatoms. The van der Waals surface area contributed by atoms with Crippen molar-refractivity contribution in [3.05, 3.63) is 82.9 Å². The van der Waals surface area contributed by atoms with Crippen LogP contribution >= 0.6 is 0 Å². The molecule has 7 rings (SSSR count). The third-order valence-electron chi connectivity index (χ3n) is 7.31. The van der Waals surface area contributed by atoms with E-state index in [4.69, 9.17) is 18.9 Å². The molecule has 182 valence electrons. The van der Waals surface area contributed by atoms with Crippen LogP contribution < -0.4 is 18.9 Å². The maximum Gasteiger partial charge on any atom is 0.177 e. The normalized spacial score (nSPS) is 13.3. The summed E-state index contributed by atoms with van der Waals surface area (Å²) in [6, 6.07) is 20.3. The number of phenolic OH excluding ortho intramolecular Hbond substituents is 1. The molecule has 0 unspecified atom stereocenters. The zero-order valence-corrected chi connectivity index (χ0v) is 20.7. The molecule has 0 atom stereocenters. The second-order valence-corrected chi connectivity index (χ2v) is 9.27. The van der Waals surface area contributed by atoms with Crippen LogP contribution in [0.5, 0.6) is 34.5 Å². The third kappa shape index (κ3) is 3.63. The fourth-order valence-corrected chi connectivity index (χ4v) is 5.44. The minimum atomic E-state index is 0.113. The molecule has 0 fully saturated rings. The van der Waals surface area contributed by atoms with Crippen molar-refractivity contribution in [2.45, 2.75) is 25.7 Å². The summed E-state index contributed by atoms with van der Waals surface area (Å²) in [6.07, 6.45) is 3.32. The van der Waals surface area contributed by atoms with Gasteiger partial charge in [0.2, 0.25) is 0 Å². The minimum Gasteiger partial charge on any atom is -0.504 e. The molecule has 5 nitrogen and oxygen atoms in total. The number of aromatic hydroxyl groups is 1. The van der Waals surface area contributed by atoms with Crippen molar-refractivity contribution < 1.29 is 24.1 Å². The summed E-state index contributed by atoms with van der Waals surface area (Å²) < 4.78 is 23.6. The molecule has 36 heavy (non-hydrogen) atoms. The second kappa shape index (κ2) is 8.83. The molecular weight excluding hydrogens is 452 g/mol. The van der Waals surface area contributed by atoms with Gasteiger partial charge in [-0.2, -0.15) is 0 Å². The molecule has 0 radical (unpaired) electrons. The summed E-state index contributed by atoms with van der Waals surface area (Å²) in [5.74, 6) is 3.42. The molecule has 0 amide bonds. The van der Waals surface area contributed by atoms with Gasteiger partial charge in [0, 0.05) is 11.1 Å². The van der Waals surface area contributed by atoms with Gasteiger partial charge in [0.15, 0.2) is 23.0 Å². The smallest absolute Gasteiger partial charge is 0.177 e. The quantitative estimate of drug-likeness (QED) is 0.352. The number of hydrogen-bond acceptors (Lipinski definition) is 5. The third-order valence-corrected chi connectivity index (χ3v) is 7.31. The summed E-state index contributed by atoms with van der Waals surface area (Å²) in [5, 5.41) is 10.9. The Morgan fingerprint density at radius 2 is 1.42 bits per heavy atom. The molecule has 4 aromatic carbocycles. The Bertz CT molecular complexity index is 1490. The predicted octanol–water partition coefficient (Wildman–Crippen LogP) is 6.74. The Morgan fingerprint density at radius 1 is 0.639 bits per heavy atom. The first kappa shape index (κ1) is 22.4. The first-order chi connectivity index (χ1) is 17.6. The zero-order valence-electron chi connectivity index (χ0n) is 20.7. The molecule has 0 saturated heterocycles. The molecule has 1 N–H and O–H groups in total. The van der Waals surface area contributed by atoms with Gasteiger partial charge in [-0.05, 0) is 102 Å². The van der Waals surface area contributed by atoms with E-state index >= 15 is 0 Å². The van der Waals surface area contributed by atoms with Gasteiger partial charge in [0.1, 0.15) is 11.5 Å². The van der Waals surface area contributed by atoms with Crippen LogP contribution in [0.2, 0.25) is 0 Å². The lowest BCUT2D eigenvalue weighted by atomic mass is 9.82. The predicted molar refractivity (Wildman–Crippen MR) is 140 cm³/mol. The van der Waals surface area contributed by atoms with E-state index in [9.17, 15) is 5.11 Å². The van der Waals surface area contributed by atoms with Crippen LogP contribution in [-0.4, -0.2) is 26.4 Å². The fourth-order valence-electron chi connectivity index (χ4n) is 5.44. The summed E-state index contributed by atoms with van der Waals surface area (Å²) in [7, 11) is 5.06. The van der Waals surface area contributed by atoms with Crippen molar-refractivity contribution in [3.63, 3.8) is 0 Å². The van der Waals surface area contributed by atoms with Crippen LogP contribution in [0.1, 0.15) is 22.3 Å². The van der Waals surface area contributed by atoms with E-state index in [-0.39, 0.29) is 5.75 Å². The molecule has 2 heterocycles. The Morgan fingerprint density at radius 3 is 2.19 bits per heavy atom. The SMILES string of the molecule is COc1ccc2c(c1)CCc1ccc(c(O)c1)Oc1c(OC)ccc3c1-c1cc-2c(OC)cc1CC3. The average Bonchev–Trinajstić information content (AvgIpc) is 2.91. The summed E-state index contributed by atoms with van der Waals surface area (Å²) in [4.78, 5) is 0. The minimum absolute atomic E-state index is 0.113. The highest BCUT2D eigenvalue weighted by atomic mass is 16.5. The van der Waals surface area contributed by atoms with Gasteiger partial charge in [0.05, 0.1) is 21.3 Å². The Hall–Kier alpha value is -4.12. The molecule has 0 aromatic heterocycles. The largest absolute Gasteiger partial charge is 0.504 e. The maximum atomic E-state index is 10.9. The van der Waals surface area contributed by atoms with E-state index in [1.165, 1.54) is 11.1 Å². The Kier molecular flexibility index (Phi) is 5.48. The van der Waals surface area contributed by atoms with Crippen molar-refractivity contribution in [1.82, 2.24) is 0 Å². The lowest BCUT2D eigenvalue weighted by Gasteiger charge is -2.26. The summed E-state index contributed by atoms with van der Waals surface area (Å²) >= 11 is 0. The van der Waals surface area contributed by atoms with E-state index in [2.05, 4.69) is 30.3 Å². The number of rotatable bonds is 3. The molecule has 2 aliphatic heterocycles.